The molecule has 0 atom stereocenters. The normalized spacial score (nSPS) is 10.1. The molecule has 0 aromatic heterocycles. The lowest BCUT2D eigenvalue weighted by Crippen LogP contribution is -2.03. The van der Waals surface area contributed by atoms with Crippen molar-refractivity contribution in [2.45, 2.75) is 6.42 Å². The standard InChI is InChI=1S/C11H17NOS/c12-7-10-14-9-4-8-13-11-5-2-1-3-6-11/h1-3,5-6H,4,7-10,12H2. The summed E-state index contributed by atoms with van der Waals surface area (Å²) in [6.45, 7) is 1.56. The predicted molar refractivity (Wildman–Crippen MR) is 62.9 cm³/mol. The van der Waals surface area contributed by atoms with Crippen LogP contribution in [-0.4, -0.2) is 24.7 Å². The van der Waals surface area contributed by atoms with Crippen molar-refractivity contribution in [3.63, 3.8) is 0 Å². The molecule has 0 unspecified atom stereocenters. The molecule has 2 nitrogen and oxygen atoms in total. The SMILES string of the molecule is NCCSCCCOc1ccccc1. The highest BCUT2D eigenvalue weighted by Crippen LogP contribution is 2.09. The molecule has 0 radical (unpaired) electrons. The van der Waals surface area contributed by atoms with Gasteiger partial charge in [-0.15, -0.1) is 0 Å². The molecule has 1 aromatic rings. The summed E-state index contributed by atoms with van der Waals surface area (Å²) in [7, 11) is 0. The van der Waals surface area contributed by atoms with Crippen LogP contribution in [-0.2, 0) is 0 Å². The van der Waals surface area contributed by atoms with Crippen LogP contribution in [0.4, 0.5) is 0 Å². The largest absolute Gasteiger partial charge is 0.494 e. The Morgan fingerprint density at radius 3 is 2.64 bits per heavy atom. The summed E-state index contributed by atoms with van der Waals surface area (Å²) >= 11 is 1.88. The molecule has 0 saturated carbocycles. The van der Waals surface area contributed by atoms with E-state index in [2.05, 4.69) is 0 Å². The van der Waals surface area contributed by atoms with Gasteiger partial charge in [-0.3, -0.25) is 0 Å². The van der Waals surface area contributed by atoms with E-state index in [0.717, 1.165) is 36.8 Å². The summed E-state index contributed by atoms with van der Waals surface area (Å²) < 4.78 is 5.54. The van der Waals surface area contributed by atoms with Crippen molar-refractivity contribution in [3.05, 3.63) is 30.3 Å². The van der Waals surface area contributed by atoms with Crippen molar-refractivity contribution in [3.8, 4) is 5.75 Å². The second kappa shape index (κ2) is 7.71. The predicted octanol–water partition coefficient (Wildman–Crippen LogP) is 2.15. The van der Waals surface area contributed by atoms with Gasteiger partial charge in [0, 0.05) is 12.3 Å². The van der Waals surface area contributed by atoms with Gasteiger partial charge >= 0.3 is 0 Å². The van der Waals surface area contributed by atoms with Crippen molar-refractivity contribution in [1.82, 2.24) is 0 Å². The van der Waals surface area contributed by atoms with Crippen molar-refractivity contribution in [2.24, 2.45) is 5.73 Å². The molecule has 0 spiro atoms. The van der Waals surface area contributed by atoms with E-state index in [9.17, 15) is 0 Å². The number of para-hydroxylation sites is 1. The zero-order valence-electron chi connectivity index (χ0n) is 8.32. The highest BCUT2D eigenvalue weighted by atomic mass is 32.2. The first kappa shape index (κ1) is 11.4. The molecule has 2 N–H and O–H groups in total. The van der Waals surface area contributed by atoms with E-state index in [1.165, 1.54) is 0 Å². The highest BCUT2D eigenvalue weighted by Gasteiger charge is 1.91. The molecule has 0 aliphatic heterocycles. The lowest BCUT2D eigenvalue weighted by Gasteiger charge is -2.04. The first-order valence-electron chi connectivity index (χ1n) is 4.89. The Labute approximate surface area is 89.8 Å². The highest BCUT2D eigenvalue weighted by molar-refractivity contribution is 7.99. The summed E-state index contributed by atoms with van der Waals surface area (Å²) in [6.07, 6.45) is 1.08. The Bertz CT molecular complexity index is 228. The fourth-order valence-electron chi connectivity index (χ4n) is 1.05. The van der Waals surface area contributed by atoms with Gasteiger partial charge in [0.05, 0.1) is 6.61 Å². The number of hydrogen-bond acceptors (Lipinski definition) is 3. The minimum Gasteiger partial charge on any atom is -0.494 e. The third-order valence-electron chi connectivity index (χ3n) is 1.71. The Morgan fingerprint density at radius 1 is 1.14 bits per heavy atom. The zero-order chi connectivity index (χ0) is 10.1. The number of nitrogens with two attached hydrogens (primary N) is 1. The quantitative estimate of drug-likeness (QED) is 0.702. The Balaban J connectivity index is 1.99. The van der Waals surface area contributed by atoms with Crippen LogP contribution in [0, 0.1) is 0 Å². The van der Waals surface area contributed by atoms with Crippen LogP contribution in [0.1, 0.15) is 6.42 Å². The van der Waals surface area contributed by atoms with Crippen LogP contribution in [0.15, 0.2) is 30.3 Å². The molecule has 78 valence electrons. The van der Waals surface area contributed by atoms with E-state index < -0.39 is 0 Å². The first-order valence-corrected chi connectivity index (χ1v) is 6.04. The lowest BCUT2D eigenvalue weighted by atomic mass is 10.3. The van der Waals surface area contributed by atoms with Gasteiger partial charge < -0.3 is 10.5 Å². The Hall–Kier alpha value is -0.670. The van der Waals surface area contributed by atoms with Gasteiger partial charge in [-0.05, 0) is 24.3 Å². The molecule has 1 rings (SSSR count). The number of hydrogen-bond donors (Lipinski definition) is 1. The van der Waals surface area contributed by atoms with Crippen molar-refractivity contribution < 1.29 is 4.74 Å². The van der Waals surface area contributed by atoms with E-state index in [0.29, 0.717) is 0 Å². The van der Waals surface area contributed by atoms with E-state index in [-0.39, 0.29) is 0 Å². The monoisotopic (exact) mass is 211 g/mol. The summed E-state index contributed by atoms with van der Waals surface area (Å²) in [5.74, 6) is 3.13. The molecule has 0 heterocycles. The Kier molecular flexibility index (Phi) is 6.28. The van der Waals surface area contributed by atoms with Crippen LogP contribution in [0.3, 0.4) is 0 Å². The molecular formula is C11H17NOS. The van der Waals surface area contributed by atoms with E-state index in [4.69, 9.17) is 10.5 Å². The molecule has 0 amide bonds. The molecule has 1 aromatic carbocycles. The van der Waals surface area contributed by atoms with Gasteiger partial charge in [0.15, 0.2) is 0 Å². The molecular weight excluding hydrogens is 194 g/mol. The van der Waals surface area contributed by atoms with E-state index >= 15 is 0 Å². The number of rotatable bonds is 7. The minimum absolute atomic E-state index is 0.768. The van der Waals surface area contributed by atoms with E-state index in [1.54, 1.807) is 0 Å². The van der Waals surface area contributed by atoms with Gasteiger partial charge in [-0.2, -0.15) is 11.8 Å². The number of ether oxygens (including phenoxy) is 1. The van der Waals surface area contributed by atoms with Gasteiger partial charge in [-0.1, -0.05) is 18.2 Å². The summed E-state index contributed by atoms with van der Waals surface area (Å²) in [5.41, 5.74) is 5.38. The van der Waals surface area contributed by atoms with Crippen LogP contribution in [0.2, 0.25) is 0 Å². The van der Waals surface area contributed by atoms with Crippen LogP contribution < -0.4 is 10.5 Å². The van der Waals surface area contributed by atoms with Gasteiger partial charge in [0.2, 0.25) is 0 Å². The second-order valence-electron chi connectivity index (χ2n) is 2.92. The maximum atomic E-state index is 5.54. The topological polar surface area (TPSA) is 35.2 Å². The molecule has 14 heavy (non-hydrogen) atoms. The van der Waals surface area contributed by atoms with Crippen molar-refractivity contribution >= 4 is 11.8 Å². The maximum Gasteiger partial charge on any atom is 0.119 e. The average molecular weight is 211 g/mol. The fourth-order valence-corrected chi connectivity index (χ4v) is 1.75. The molecule has 0 aliphatic carbocycles. The number of benzene rings is 1. The fraction of sp³-hybridized carbons (Fsp3) is 0.455. The van der Waals surface area contributed by atoms with Crippen LogP contribution >= 0.6 is 11.8 Å². The molecule has 0 bridgehead atoms. The van der Waals surface area contributed by atoms with Crippen LogP contribution in [0.25, 0.3) is 0 Å². The summed E-state index contributed by atoms with van der Waals surface area (Å²) in [6, 6.07) is 9.92. The number of thioether (sulfide) groups is 1. The molecule has 0 fully saturated rings. The zero-order valence-corrected chi connectivity index (χ0v) is 9.13. The third kappa shape index (κ3) is 5.14. The van der Waals surface area contributed by atoms with Crippen molar-refractivity contribution in [1.29, 1.82) is 0 Å². The molecule has 3 heteroatoms. The first-order chi connectivity index (χ1) is 6.93. The molecule has 0 saturated heterocycles. The van der Waals surface area contributed by atoms with Crippen molar-refractivity contribution in [2.75, 3.05) is 24.7 Å². The van der Waals surface area contributed by atoms with Gasteiger partial charge in [0.1, 0.15) is 5.75 Å². The third-order valence-corrected chi connectivity index (χ3v) is 2.81. The van der Waals surface area contributed by atoms with E-state index in [1.807, 2.05) is 42.1 Å². The second-order valence-corrected chi connectivity index (χ2v) is 4.14. The summed E-state index contributed by atoms with van der Waals surface area (Å²) in [4.78, 5) is 0. The van der Waals surface area contributed by atoms with Crippen LogP contribution in [0.5, 0.6) is 5.75 Å². The summed E-state index contributed by atoms with van der Waals surface area (Å²) in [5, 5.41) is 0. The van der Waals surface area contributed by atoms with Gasteiger partial charge in [-0.25, -0.2) is 0 Å². The maximum absolute atomic E-state index is 5.54. The lowest BCUT2D eigenvalue weighted by molar-refractivity contribution is 0.319. The average Bonchev–Trinajstić information content (AvgIpc) is 2.25. The van der Waals surface area contributed by atoms with Gasteiger partial charge in [0.25, 0.3) is 0 Å². The molecule has 0 aliphatic rings. The smallest absolute Gasteiger partial charge is 0.119 e. The Morgan fingerprint density at radius 2 is 1.93 bits per heavy atom. The minimum atomic E-state index is 0.768.